The van der Waals surface area contributed by atoms with E-state index in [0.29, 0.717) is 12.2 Å². The number of nitrogens with one attached hydrogen (secondary N) is 2. The largest absolute Gasteiger partial charge is 0.497 e. The Balaban J connectivity index is 1.65. The van der Waals surface area contributed by atoms with Gasteiger partial charge in [-0.25, -0.2) is 4.79 Å². The number of ether oxygens (including phenoxy) is 1. The van der Waals surface area contributed by atoms with Crippen LogP contribution in [0.3, 0.4) is 0 Å². The average molecular weight is 409 g/mol. The molecule has 0 radical (unpaired) electrons. The minimum absolute atomic E-state index is 0.0142. The topological polar surface area (TPSA) is 84.3 Å². The minimum atomic E-state index is -0.265. The predicted octanol–water partition coefficient (Wildman–Crippen LogP) is 3.40. The zero-order valence-electron chi connectivity index (χ0n) is 17.8. The summed E-state index contributed by atoms with van der Waals surface area (Å²) in [5.41, 5.74) is 2.66. The number of aromatic nitrogens is 3. The molecule has 8 heteroatoms. The first kappa shape index (κ1) is 21.3. The second kappa shape index (κ2) is 9.89. The van der Waals surface area contributed by atoms with E-state index in [2.05, 4.69) is 25.7 Å². The molecule has 0 aliphatic rings. The lowest BCUT2D eigenvalue weighted by atomic mass is 10.1. The van der Waals surface area contributed by atoms with Crippen molar-refractivity contribution in [3.8, 4) is 17.1 Å². The molecule has 3 aromatic rings. The zero-order valence-corrected chi connectivity index (χ0v) is 17.8. The second-order valence-corrected chi connectivity index (χ2v) is 7.11. The summed E-state index contributed by atoms with van der Waals surface area (Å²) in [6.45, 7) is 3.26. The first-order valence-corrected chi connectivity index (χ1v) is 9.85. The summed E-state index contributed by atoms with van der Waals surface area (Å²) < 4.78 is 7.27. The number of carbonyl (C=O) groups is 1. The Bertz CT molecular complexity index is 985. The molecule has 0 bridgehead atoms. The van der Waals surface area contributed by atoms with Crippen LogP contribution in [0.4, 0.5) is 10.5 Å². The Labute approximate surface area is 176 Å². The van der Waals surface area contributed by atoms with Crippen molar-refractivity contribution in [1.29, 1.82) is 0 Å². The van der Waals surface area contributed by atoms with Crippen LogP contribution in [0.25, 0.3) is 11.4 Å². The molecule has 30 heavy (non-hydrogen) atoms. The molecular weight excluding hydrogens is 380 g/mol. The van der Waals surface area contributed by atoms with Crippen LogP contribution in [-0.4, -0.2) is 53.4 Å². The third-order valence-corrected chi connectivity index (χ3v) is 4.89. The molecule has 0 aliphatic heterocycles. The van der Waals surface area contributed by atoms with Gasteiger partial charge in [0.25, 0.3) is 0 Å². The number of anilines is 1. The highest BCUT2D eigenvalue weighted by molar-refractivity contribution is 5.90. The van der Waals surface area contributed by atoms with Crippen LogP contribution >= 0.6 is 0 Å². The molecule has 0 saturated carbocycles. The molecule has 8 nitrogen and oxygen atoms in total. The second-order valence-electron chi connectivity index (χ2n) is 7.11. The third-order valence-electron chi connectivity index (χ3n) is 4.89. The Hall–Kier alpha value is -3.39. The van der Waals surface area contributed by atoms with E-state index in [1.165, 1.54) is 0 Å². The predicted molar refractivity (Wildman–Crippen MR) is 118 cm³/mol. The van der Waals surface area contributed by atoms with Gasteiger partial charge in [0.05, 0.1) is 13.2 Å². The smallest absolute Gasteiger partial charge is 0.319 e. The highest BCUT2D eigenvalue weighted by Gasteiger charge is 2.16. The average Bonchev–Trinajstić information content (AvgIpc) is 3.23. The fraction of sp³-hybridized carbons (Fsp3) is 0.318. The van der Waals surface area contributed by atoms with Crippen LogP contribution in [0.15, 0.2) is 54.9 Å². The van der Waals surface area contributed by atoms with Gasteiger partial charge in [0.2, 0.25) is 0 Å². The van der Waals surface area contributed by atoms with Gasteiger partial charge in [0.15, 0.2) is 5.82 Å². The lowest BCUT2D eigenvalue weighted by molar-refractivity contribution is 0.243. The van der Waals surface area contributed by atoms with E-state index in [9.17, 15) is 4.79 Å². The molecule has 1 atom stereocenters. The van der Waals surface area contributed by atoms with Gasteiger partial charge in [-0.3, -0.25) is 0 Å². The SMILES string of the molecule is CCn1cnnc1-c1cccc(NC(=O)NCC(c2cccc(OC)c2)N(C)C)c1. The Morgan fingerprint density at radius 3 is 2.73 bits per heavy atom. The van der Waals surface area contributed by atoms with Gasteiger partial charge < -0.3 is 24.8 Å². The number of benzene rings is 2. The number of carbonyl (C=O) groups excluding carboxylic acids is 1. The van der Waals surface area contributed by atoms with E-state index < -0.39 is 0 Å². The summed E-state index contributed by atoms with van der Waals surface area (Å²) in [7, 11) is 5.61. The lowest BCUT2D eigenvalue weighted by Crippen LogP contribution is -2.36. The van der Waals surface area contributed by atoms with Gasteiger partial charge in [-0.05, 0) is 50.8 Å². The van der Waals surface area contributed by atoms with Crippen molar-refractivity contribution in [2.24, 2.45) is 0 Å². The van der Waals surface area contributed by atoms with E-state index in [1.54, 1.807) is 13.4 Å². The molecule has 0 aliphatic carbocycles. The molecule has 0 spiro atoms. The first-order valence-electron chi connectivity index (χ1n) is 9.85. The molecule has 3 rings (SSSR count). The number of hydrogen-bond donors (Lipinski definition) is 2. The zero-order chi connectivity index (χ0) is 21.5. The van der Waals surface area contributed by atoms with Crippen molar-refractivity contribution in [3.63, 3.8) is 0 Å². The van der Waals surface area contributed by atoms with Gasteiger partial charge in [-0.2, -0.15) is 0 Å². The Morgan fingerprint density at radius 2 is 2.00 bits per heavy atom. The maximum atomic E-state index is 12.5. The molecule has 1 unspecified atom stereocenters. The summed E-state index contributed by atoms with van der Waals surface area (Å²) in [5, 5.41) is 14.0. The first-order chi connectivity index (χ1) is 14.5. The molecule has 1 heterocycles. The van der Waals surface area contributed by atoms with Crippen LogP contribution in [0, 0.1) is 0 Å². The fourth-order valence-corrected chi connectivity index (χ4v) is 3.26. The number of hydrogen-bond acceptors (Lipinski definition) is 5. The molecule has 2 amide bonds. The van der Waals surface area contributed by atoms with Crippen LogP contribution in [0.1, 0.15) is 18.5 Å². The normalized spacial score (nSPS) is 11.9. The molecule has 0 saturated heterocycles. The quantitative estimate of drug-likeness (QED) is 0.597. The summed E-state index contributed by atoms with van der Waals surface area (Å²) in [4.78, 5) is 14.6. The van der Waals surface area contributed by atoms with Crippen LogP contribution in [-0.2, 0) is 6.54 Å². The van der Waals surface area contributed by atoms with E-state index in [0.717, 1.165) is 29.2 Å². The van der Waals surface area contributed by atoms with Crippen molar-refractivity contribution >= 4 is 11.7 Å². The standard InChI is InChI=1S/C22H28N6O2/c1-5-28-15-24-26-21(28)17-9-6-10-18(12-17)25-22(29)23-14-20(27(2)3)16-8-7-11-19(13-16)30-4/h6-13,15,20H,5,14H2,1-4H3,(H2,23,25,29). The molecule has 0 fully saturated rings. The van der Waals surface area contributed by atoms with E-state index in [4.69, 9.17) is 4.74 Å². The van der Waals surface area contributed by atoms with Crippen molar-refractivity contribution in [2.45, 2.75) is 19.5 Å². The van der Waals surface area contributed by atoms with E-state index in [-0.39, 0.29) is 12.1 Å². The van der Waals surface area contributed by atoms with E-state index in [1.807, 2.05) is 74.1 Å². The van der Waals surface area contributed by atoms with Crippen LogP contribution in [0.2, 0.25) is 0 Å². The van der Waals surface area contributed by atoms with Crippen LogP contribution in [0.5, 0.6) is 5.75 Å². The molecule has 2 N–H and O–H groups in total. The highest BCUT2D eigenvalue weighted by atomic mass is 16.5. The van der Waals surface area contributed by atoms with Crippen molar-refractivity contribution in [2.75, 3.05) is 33.1 Å². The maximum Gasteiger partial charge on any atom is 0.319 e. The van der Waals surface area contributed by atoms with Crippen molar-refractivity contribution < 1.29 is 9.53 Å². The summed E-state index contributed by atoms with van der Waals surface area (Å²) >= 11 is 0. The van der Waals surface area contributed by atoms with Gasteiger partial charge >= 0.3 is 6.03 Å². The summed E-state index contributed by atoms with van der Waals surface area (Å²) in [6.07, 6.45) is 1.70. The van der Waals surface area contributed by atoms with Crippen molar-refractivity contribution in [1.82, 2.24) is 25.0 Å². The molecular formula is C22H28N6O2. The monoisotopic (exact) mass is 408 g/mol. The fourth-order valence-electron chi connectivity index (χ4n) is 3.26. The van der Waals surface area contributed by atoms with Gasteiger partial charge in [-0.15, -0.1) is 10.2 Å². The third kappa shape index (κ3) is 5.15. The van der Waals surface area contributed by atoms with Gasteiger partial charge in [0, 0.05) is 24.3 Å². The highest BCUT2D eigenvalue weighted by Crippen LogP contribution is 2.23. The van der Waals surface area contributed by atoms with Crippen LogP contribution < -0.4 is 15.4 Å². The Morgan fingerprint density at radius 1 is 1.20 bits per heavy atom. The number of urea groups is 1. The number of methoxy groups -OCH3 is 1. The molecule has 2 aromatic carbocycles. The number of likely N-dealkylation sites (N-methyl/N-ethyl adjacent to an activating group) is 1. The number of aryl methyl sites for hydroxylation is 1. The van der Waals surface area contributed by atoms with Gasteiger partial charge in [-0.1, -0.05) is 24.3 Å². The number of amides is 2. The Kier molecular flexibility index (Phi) is 7.03. The number of rotatable bonds is 8. The summed E-state index contributed by atoms with van der Waals surface area (Å²) in [6, 6.07) is 15.2. The molecule has 1 aromatic heterocycles. The van der Waals surface area contributed by atoms with Crippen molar-refractivity contribution in [3.05, 3.63) is 60.4 Å². The number of nitrogens with zero attached hydrogens (tertiary/aromatic N) is 4. The maximum absolute atomic E-state index is 12.5. The van der Waals surface area contributed by atoms with Gasteiger partial charge in [0.1, 0.15) is 12.1 Å². The lowest BCUT2D eigenvalue weighted by Gasteiger charge is -2.25. The molecule has 158 valence electrons. The van der Waals surface area contributed by atoms with E-state index >= 15 is 0 Å². The summed E-state index contributed by atoms with van der Waals surface area (Å²) in [5.74, 6) is 1.56. The minimum Gasteiger partial charge on any atom is -0.497 e.